The van der Waals surface area contributed by atoms with Gasteiger partial charge in [-0.3, -0.25) is 14.4 Å². The van der Waals surface area contributed by atoms with Gasteiger partial charge in [0.05, 0.1) is 6.42 Å². The Morgan fingerprint density at radius 2 is 1.54 bits per heavy atom. The van der Waals surface area contributed by atoms with E-state index in [-0.39, 0.29) is 25.0 Å². The number of benzene rings is 1. The first-order valence-electron chi connectivity index (χ1n) is 11.4. The lowest BCUT2D eigenvalue weighted by Crippen LogP contribution is -2.49. The van der Waals surface area contributed by atoms with E-state index in [1.807, 2.05) is 0 Å². The van der Waals surface area contributed by atoms with Crippen molar-refractivity contribution in [3.05, 3.63) is 29.8 Å². The Bertz CT molecular complexity index is 884. The van der Waals surface area contributed by atoms with Crippen molar-refractivity contribution >= 4 is 29.7 Å². The van der Waals surface area contributed by atoms with Gasteiger partial charge in [0, 0.05) is 25.9 Å². The lowest BCUT2D eigenvalue weighted by molar-refractivity contribution is -0.159. The van der Waals surface area contributed by atoms with E-state index in [0.29, 0.717) is 18.7 Å². The van der Waals surface area contributed by atoms with Crippen LogP contribution in [-0.2, 0) is 30.4 Å². The lowest BCUT2D eigenvalue weighted by Gasteiger charge is -2.27. The molecule has 12 heteroatoms. The molecule has 35 heavy (non-hydrogen) atoms. The highest BCUT2D eigenvalue weighted by Crippen LogP contribution is 2.16. The average molecular weight is 494 g/mol. The van der Waals surface area contributed by atoms with E-state index in [1.54, 1.807) is 0 Å². The normalized spacial score (nSPS) is 14.7. The number of carboxylic acids is 3. The molecule has 1 aliphatic rings. The molecule has 1 fully saturated rings. The Morgan fingerprint density at radius 3 is 2.11 bits per heavy atom. The van der Waals surface area contributed by atoms with Crippen LogP contribution >= 0.6 is 0 Å². The Labute approximate surface area is 202 Å². The molecule has 2 amide bonds. The second-order valence-corrected chi connectivity index (χ2v) is 8.23. The van der Waals surface area contributed by atoms with E-state index in [1.165, 1.54) is 30.7 Å². The van der Waals surface area contributed by atoms with Crippen LogP contribution in [0.3, 0.4) is 0 Å². The third kappa shape index (κ3) is 10.0. The first kappa shape index (κ1) is 27.6. The smallest absolute Gasteiger partial charge is 0.356 e. The van der Waals surface area contributed by atoms with Crippen LogP contribution in [0.25, 0.3) is 0 Å². The first-order chi connectivity index (χ1) is 16.7. The van der Waals surface area contributed by atoms with Crippen LogP contribution in [0, 0.1) is 0 Å². The molecule has 1 saturated heterocycles. The molecule has 0 spiro atoms. The quantitative estimate of drug-likeness (QED) is 0.223. The predicted molar refractivity (Wildman–Crippen MR) is 122 cm³/mol. The number of hydrogen-bond donors (Lipinski definition) is 5. The minimum atomic E-state index is -2.06. The van der Waals surface area contributed by atoms with Gasteiger partial charge in [-0.25, -0.2) is 9.59 Å². The molecule has 0 aliphatic carbocycles. The minimum absolute atomic E-state index is 0.0107. The summed E-state index contributed by atoms with van der Waals surface area (Å²) in [4.78, 5) is 60.0. The van der Waals surface area contributed by atoms with Gasteiger partial charge in [-0.05, 0) is 43.6 Å². The molecule has 1 aromatic rings. The summed E-state index contributed by atoms with van der Waals surface area (Å²) in [5.74, 6) is -5.40. The highest BCUT2D eigenvalue weighted by atomic mass is 16.5. The Morgan fingerprint density at radius 1 is 0.914 bits per heavy atom. The molecule has 5 N–H and O–H groups in total. The molecule has 1 heterocycles. The van der Waals surface area contributed by atoms with E-state index >= 15 is 0 Å². The molecule has 2 rings (SSSR count). The highest BCUT2D eigenvalue weighted by Gasteiger charge is 2.28. The van der Waals surface area contributed by atoms with Crippen LogP contribution in [0.1, 0.15) is 37.7 Å². The number of ether oxygens (including phenoxy) is 1. The molecule has 0 saturated carbocycles. The molecule has 1 atom stereocenters. The van der Waals surface area contributed by atoms with Crippen LogP contribution in [-0.4, -0.2) is 88.3 Å². The van der Waals surface area contributed by atoms with Crippen molar-refractivity contribution in [3.63, 3.8) is 0 Å². The molecule has 192 valence electrons. The number of carbonyl (C=O) groups excluding carboxylic acids is 2. The zero-order chi connectivity index (χ0) is 25.8. The maximum absolute atomic E-state index is 12.8. The SMILES string of the molecule is O=C(O)CCC(=O)N[C@@H](Cc1ccc(OC(C(=O)O)C(=O)O)cc1)C(=O)NCCN1CCCCC1. The molecular weight excluding hydrogens is 462 g/mol. The van der Waals surface area contributed by atoms with Crippen molar-refractivity contribution in [1.29, 1.82) is 0 Å². The second-order valence-electron chi connectivity index (χ2n) is 8.23. The molecule has 0 aromatic heterocycles. The van der Waals surface area contributed by atoms with Crippen LogP contribution < -0.4 is 15.4 Å². The van der Waals surface area contributed by atoms with E-state index in [2.05, 4.69) is 15.5 Å². The molecule has 1 aromatic carbocycles. The summed E-state index contributed by atoms with van der Waals surface area (Å²) in [6, 6.07) is 4.81. The Hall–Kier alpha value is -3.67. The monoisotopic (exact) mass is 493 g/mol. The summed E-state index contributed by atoms with van der Waals surface area (Å²) in [6.45, 7) is 3.04. The highest BCUT2D eigenvalue weighted by molar-refractivity contribution is 5.96. The summed E-state index contributed by atoms with van der Waals surface area (Å²) in [5, 5.41) is 32.0. The van der Waals surface area contributed by atoms with Crippen molar-refractivity contribution in [3.8, 4) is 5.75 Å². The lowest BCUT2D eigenvalue weighted by atomic mass is 10.0. The van der Waals surface area contributed by atoms with Gasteiger partial charge in [-0.15, -0.1) is 0 Å². The first-order valence-corrected chi connectivity index (χ1v) is 11.4. The van der Waals surface area contributed by atoms with Crippen molar-refractivity contribution in [1.82, 2.24) is 15.5 Å². The van der Waals surface area contributed by atoms with Gasteiger partial charge < -0.3 is 35.6 Å². The van der Waals surface area contributed by atoms with E-state index in [9.17, 15) is 24.0 Å². The second kappa shape index (κ2) is 13.9. The fourth-order valence-electron chi connectivity index (χ4n) is 3.62. The van der Waals surface area contributed by atoms with Gasteiger partial charge >= 0.3 is 17.9 Å². The summed E-state index contributed by atoms with van der Waals surface area (Å²) < 4.78 is 4.97. The predicted octanol–water partition coefficient (Wildman–Crippen LogP) is 0.0974. The van der Waals surface area contributed by atoms with E-state index < -0.39 is 41.9 Å². The molecule has 0 unspecified atom stereocenters. The largest absolute Gasteiger partial charge is 0.481 e. The fraction of sp³-hybridized carbons (Fsp3) is 0.522. The minimum Gasteiger partial charge on any atom is -0.481 e. The number of rotatable bonds is 14. The molecule has 12 nitrogen and oxygen atoms in total. The van der Waals surface area contributed by atoms with Crippen LogP contribution in [0.2, 0.25) is 0 Å². The van der Waals surface area contributed by atoms with Crippen molar-refractivity contribution in [2.75, 3.05) is 26.2 Å². The van der Waals surface area contributed by atoms with Crippen LogP contribution in [0.5, 0.6) is 5.75 Å². The van der Waals surface area contributed by atoms with Gasteiger partial charge in [0.15, 0.2) is 0 Å². The van der Waals surface area contributed by atoms with Gasteiger partial charge in [-0.2, -0.15) is 0 Å². The zero-order valence-corrected chi connectivity index (χ0v) is 19.3. The summed E-state index contributed by atoms with van der Waals surface area (Å²) >= 11 is 0. The van der Waals surface area contributed by atoms with Crippen LogP contribution in [0.4, 0.5) is 0 Å². The van der Waals surface area contributed by atoms with E-state index in [0.717, 1.165) is 25.9 Å². The number of nitrogens with zero attached hydrogens (tertiary/aromatic N) is 1. The number of nitrogens with one attached hydrogen (secondary N) is 2. The number of carbonyl (C=O) groups is 5. The standard InChI is InChI=1S/C23H31N3O9/c27-18(8-9-19(28)29)25-17(21(30)24-10-13-26-11-2-1-3-12-26)14-15-4-6-16(7-5-15)35-20(22(31)32)23(33)34/h4-7,17,20H,1-3,8-14H2,(H,24,30)(H,25,27)(H,28,29)(H,31,32)(H,33,34)/t17-/m0/s1. The summed E-state index contributed by atoms with van der Waals surface area (Å²) in [6.07, 6.45) is 0.819. The van der Waals surface area contributed by atoms with Gasteiger partial charge in [-0.1, -0.05) is 18.6 Å². The number of piperidine rings is 1. The molecular formula is C23H31N3O9. The van der Waals surface area contributed by atoms with Gasteiger partial charge in [0.25, 0.3) is 6.10 Å². The average Bonchev–Trinajstić information content (AvgIpc) is 2.82. The zero-order valence-electron chi connectivity index (χ0n) is 19.3. The van der Waals surface area contributed by atoms with Crippen molar-refractivity contribution in [2.24, 2.45) is 0 Å². The van der Waals surface area contributed by atoms with Gasteiger partial charge in [0.2, 0.25) is 11.8 Å². The maximum atomic E-state index is 12.8. The Balaban J connectivity index is 2.00. The van der Waals surface area contributed by atoms with Crippen molar-refractivity contribution < 1.29 is 44.0 Å². The molecule has 0 radical (unpaired) electrons. The number of amides is 2. The molecule has 1 aliphatic heterocycles. The third-order valence-electron chi connectivity index (χ3n) is 5.46. The fourth-order valence-corrected chi connectivity index (χ4v) is 3.62. The topological polar surface area (TPSA) is 183 Å². The van der Waals surface area contributed by atoms with Gasteiger partial charge in [0.1, 0.15) is 11.8 Å². The van der Waals surface area contributed by atoms with Crippen molar-refractivity contribution in [2.45, 2.75) is 50.7 Å². The number of aliphatic carboxylic acids is 3. The van der Waals surface area contributed by atoms with E-state index in [4.69, 9.17) is 20.1 Å². The summed E-state index contributed by atoms with van der Waals surface area (Å²) in [5.41, 5.74) is 0.592. The number of likely N-dealkylation sites (tertiary alicyclic amines) is 1. The Kier molecular flexibility index (Phi) is 10.9. The number of carboxylic acid groups (broad SMARTS) is 3. The maximum Gasteiger partial charge on any atom is 0.356 e. The molecule has 0 bridgehead atoms. The number of hydrogen-bond acceptors (Lipinski definition) is 7. The third-order valence-corrected chi connectivity index (χ3v) is 5.46. The van der Waals surface area contributed by atoms with Crippen LogP contribution in [0.15, 0.2) is 24.3 Å². The summed E-state index contributed by atoms with van der Waals surface area (Å²) in [7, 11) is 0.